The molecule has 5 nitrogen and oxygen atoms in total. The van der Waals surface area contributed by atoms with E-state index in [1.165, 1.54) is 0 Å². The van der Waals surface area contributed by atoms with Gasteiger partial charge < -0.3 is 16.8 Å². The number of nitrogens with two attached hydrogens (primary N) is 2. The second-order valence-electron chi connectivity index (χ2n) is 4.22. The molecule has 0 aliphatic carbocycles. The van der Waals surface area contributed by atoms with E-state index in [1.807, 2.05) is 18.2 Å². The number of pyridine rings is 1. The Morgan fingerprint density at radius 3 is 3.11 bits per heavy atom. The van der Waals surface area contributed by atoms with Crippen molar-refractivity contribution in [3.8, 4) is 0 Å². The lowest BCUT2D eigenvalue weighted by atomic mass is 10.0. The summed E-state index contributed by atoms with van der Waals surface area (Å²) < 4.78 is 1.11. The molecule has 0 saturated heterocycles. The van der Waals surface area contributed by atoms with Gasteiger partial charge in [0.05, 0.1) is 21.4 Å². The lowest BCUT2D eigenvalue weighted by Crippen LogP contribution is -2.57. The molecule has 92 valence electrons. The van der Waals surface area contributed by atoms with E-state index in [9.17, 15) is 0 Å². The maximum absolute atomic E-state index is 6.25. The maximum Gasteiger partial charge on any atom is 0.133 e. The Labute approximate surface area is 108 Å². The Kier molecular flexibility index (Phi) is 2.53. The van der Waals surface area contributed by atoms with Crippen molar-refractivity contribution in [2.45, 2.75) is 12.1 Å². The van der Waals surface area contributed by atoms with Crippen molar-refractivity contribution in [3.05, 3.63) is 47.5 Å². The molecule has 18 heavy (non-hydrogen) atoms. The third-order valence-electron chi connectivity index (χ3n) is 2.89. The van der Waals surface area contributed by atoms with Gasteiger partial charge in [-0.3, -0.25) is 4.98 Å². The molecule has 6 heteroatoms. The molecule has 2 aromatic rings. The lowest BCUT2D eigenvalue weighted by molar-refractivity contribution is 0.432. The number of rotatable bonds is 2. The largest absolute Gasteiger partial charge is 0.399 e. The topological polar surface area (TPSA) is 89.8 Å². The summed E-state index contributed by atoms with van der Waals surface area (Å²) in [5.41, 5.74) is 13.0. The van der Waals surface area contributed by atoms with Gasteiger partial charge in [0.15, 0.2) is 0 Å². The van der Waals surface area contributed by atoms with Crippen LogP contribution in [0.3, 0.4) is 0 Å². The molecular formula is C12H13N5S. The maximum atomic E-state index is 6.25. The van der Waals surface area contributed by atoms with Gasteiger partial charge >= 0.3 is 0 Å². The number of fused-ring (bicyclic) bond motifs is 1. The minimum Gasteiger partial charge on any atom is -0.399 e. The summed E-state index contributed by atoms with van der Waals surface area (Å²) in [5, 5.41) is 4.04. The Hall–Kier alpha value is -1.92. The van der Waals surface area contributed by atoms with Gasteiger partial charge in [-0.2, -0.15) is 0 Å². The van der Waals surface area contributed by atoms with E-state index < -0.39 is 5.66 Å². The van der Waals surface area contributed by atoms with Crippen LogP contribution in [-0.4, -0.2) is 15.6 Å². The van der Waals surface area contributed by atoms with Crippen LogP contribution >= 0.6 is 11.3 Å². The first-order chi connectivity index (χ1) is 8.67. The second-order valence-corrected chi connectivity index (χ2v) is 5.34. The zero-order valence-corrected chi connectivity index (χ0v) is 10.4. The molecule has 0 radical (unpaired) electrons. The van der Waals surface area contributed by atoms with Crippen molar-refractivity contribution in [1.82, 2.24) is 15.3 Å². The number of thiazole rings is 1. The fraction of sp³-hybridized carbons (Fsp3) is 0.167. The van der Waals surface area contributed by atoms with Crippen molar-refractivity contribution >= 4 is 21.6 Å². The SMILES string of the molecule is NC1=CC=CNC1(N)Cc1nc2cnccc2s1. The van der Waals surface area contributed by atoms with Crippen molar-refractivity contribution < 1.29 is 0 Å². The third kappa shape index (κ3) is 1.85. The predicted molar refractivity (Wildman–Crippen MR) is 72.6 cm³/mol. The Balaban J connectivity index is 1.92. The van der Waals surface area contributed by atoms with Gasteiger partial charge in [0.1, 0.15) is 5.66 Å². The van der Waals surface area contributed by atoms with E-state index >= 15 is 0 Å². The molecule has 0 fully saturated rings. The highest BCUT2D eigenvalue weighted by Gasteiger charge is 2.29. The molecule has 1 atom stereocenters. The molecule has 1 unspecified atom stereocenters. The number of allylic oxidation sites excluding steroid dienone is 2. The average Bonchev–Trinajstić information content (AvgIpc) is 2.75. The molecule has 5 N–H and O–H groups in total. The van der Waals surface area contributed by atoms with Crippen LogP contribution in [0, 0.1) is 0 Å². The minimum absolute atomic E-state index is 0.555. The molecule has 1 aliphatic heterocycles. The number of dihydropyridines is 1. The summed E-state index contributed by atoms with van der Waals surface area (Å²) in [6.07, 6.45) is 9.52. The molecule has 0 amide bonds. The van der Waals surface area contributed by atoms with E-state index in [0.29, 0.717) is 12.1 Å². The molecule has 2 aromatic heterocycles. The fourth-order valence-corrected chi connectivity index (χ4v) is 2.91. The normalized spacial score (nSPS) is 22.8. The van der Waals surface area contributed by atoms with Crippen molar-refractivity contribution in [2.24, 2.45) is 11.5 Å². The highest BCUT2D eigenvalue weighted by atomic mass is 32.1. The summed E-state index contributed by atoms with van der Waals surface area (Å²) in [6.45, 7) is 0. The van der Waals surface area contributed by atoms with Gasteiger partial charge in [-0.15, -0.1) is 11.3 Å². The first kappa shape index (κ1) is 11.2. The van der Waals surface area contributed by atoms with E-state index in [4.69, 9.17) is 11.5 Å². The predicted octanol–water partition coefficient (Wildman–Crippen LogP) is 0.848. The van der Waals surface area contributed by atoms with Crippen LogP contribution in [0.4, 0.5) is 0 Å². The molecule has 1 aliphatic rings. The van der Waals surface area contributed by atoms with Crippen LogP contribution in [0.5, 0.6) is 0 Å². The van der Waals surface area contributed by atoms with Crippen LogP contribution in [0.15, 0.2) is 42.5 Å². The van der Waals surface area contributed by atoms with E-state index in [-0.39, 0.29) is 0 Å². The average molecular weight is 259 g/mol. The number of nitrogens with one attached hydrogen (secondary N) is 1. The standard InChI is InChI=1S/C12H13N5S/c13-10-2-1-4-16-12(10,14)6-11-17-8-7-15-5-3-9(8)18-11/h1-5,7,16H,6,13-14H2. The van der Waals surface area contributed by atoms with Gasteiger partial charge in [0.25, 0.3) is 0 Å². The molecule has 0 bridgehead atoms. The van der Waals surface area contributed by atoms with E-state index in [0.717, 1.165) is 15.2 Å². The van der Waals surface area contributed by atoms with Crippen LogP contribution in [0.1, 0.15) is 5.01 Å². The van der Waals surface area contributed by atoms with Crippen molar-refractivity contribution in [2.75, 3.05) is 0 Å². The summed E-state index contributed by atoms with van der Waals surface area (Å²) >= 11 is 1.61. The highest BCUT2D eigenvalue weighted by Crippen LogP contribution is 2.25. The quantitative estimate of drug-likeness (QED) is 0.744. The molecule has 0 spiro atoms. The molecule has 0 saturated carbocycles. The minimum atomic E-state index is -0.754. The monoisotopic (exact) mass is 259 g/mol. The summed E-state index contributed by atoms with van der Waals surface area (Å²) in [5.74, 6) is 0. The Morgan fingerprint density at radius 1 is 1.44 bits per heavy atom. The zero-order valence-electron chi connectivity index (χ0n) is 9.63. The molecule has 3 heterocycles. The Morgan fingerprint density at radius 2 is 2.33 bits per heavy atom. The lowest BCUT2D eigenvalue weighted by Gasteiger charge is -2.31. The van der Waals surface area contributed by atoms with Crippen LogP contribution in [0.2, 0.25) is 0 Å². The molecule has 0 aromatic carbocycles. The van der Waals surface area contributed by atoms with Gasteiger partial charge in [-0.1, -0.05) is 0 Å². The van der Waals surface area contributed by atoms with Crippen LogP contribution in [-0.2, 0) is 6.42 Å². The first-order valence-corrected chi connectivity index (χ1v) is 6.38. The van der Waals surface area contributed by atoms with Gasteiger partial charge in [-0.05, 0) is 24.4 Å². The van der Waals surface area contributed by atoms with Gasteiger partial charge in [0.2, 0.25) is 0 Å². The van der Waals surface area contributed by atoms with E-state index in [2.05, 4.69) is 15.3 Å². The fourth-order valence-electron chi connectivity index (χ4n) is 1.88. The number of hydrogen-bond donors (Lipinski definition) is 3. The second kappa shape index (κ2) is 4.08. The number of hydrogen-bond acceptors (Lipinski definition) is 6. The number of aromatic nitrogens is 2. The van der Waals surface area contributed by atoms with Crippen molar-refractivity contribution in [1.29, 1.82) is 0 Å². The summed E-state index contributed by atoms with van der Waals surface area (Å²) in [7, 11) is 0. The van der Waals surface area contributed by atoms with E-state index in [1.54, 1.807) is 29.9 Å². The van der Waals surface area contributed by atoms with Crippen LogP contribution < -0.4 is 16.8 Å². The first-order valence-electron chi connectivity index (χ1n) is 5.56. The van der Waals surface area contributed by atoms with Crippen molar-refractivity contribution in [3.63, 3.8) is 0 Å². The highest BCUT2D eigenvalue weighted by molar-refractivity contribution is 7.18. The zero-order chi connectivity index (χ0) is 12.6. The van der Waals surface area contributed by atoms with Gasteiger partial charge in [-0.25, -0.2) is 4.98 Å². The summed E-state index contributed by atoms with van der Waals surface area (Å²) in [4.78, 5) is 8.57. The number of nitrogens with zero attached hydrogens (tertiary/aromatic N) is 2. The smallest absolute Gasteiger partial charge is 0.133 e. The Bertz CT molecular complexity index is 612. The van der Waals surface area contributed by atoms with Crippen LogP contribution in [0.25, 0.3) is 10.2 Å². The third-order valence-corrected chi connectivity index (χ3v) is 3.93. The van der Waals surface area contributed by atoms with Gasteiger partial charge in [0, 0.05) is 18.3 Å². The molecule has 3 rings (SSSR count). The summed E-state index contributed by atoms with van der Waals surface area (Å²) in [6, 6.07) is 1.95. The molecular weight excluding hydrogens is 246 g/mol.